The fourth-order valence-electron chi connectivity index (χ4n) is 3.70. The second-order valence-electron chi connectivity index (χ2n) is 8.04. The molecule has 1 unspecified atom stereocenters. The zero-order valence-electron chi connectivity index (χ0n) is 19.4. The van der Waals surface area contributed by atoms with Gasteiger partial charge in [-0.3, -0.25) is 0 Å². The largest absolute Gasteiger partial charge is 0.489 e. The van der Waals surface area contributed by atoms with Crippen molar-refractivity contribution < 1.29 is 14.0 Å². The fourth-order valence-corrected chi connectivity index (χ4v) is 3.70. The second kappa shape index (κ2) is 11.1. The number of rotatable bonds is 10. The quantitative estimate of drug-likeness (QED) is 0.369. The van der Waals surface area contributed by atoms with Crippen LogP contribution in [0.4, 0.5) is 5.95 Å². The molecule has 0 spiro atoms. The minimum Gasteiger partial charge on any atom is -0.489 e. The van der Waals surface area contributed by atoms with Crippen LogP contribution in [0.3, 0.4) is 0 Å². The Morgan fingerprint density at radius 2 is 2.03 bits per heavy atom. The van der Waals surface area contributed by atoms with E-state index in [1.54, 1.807) is 7.05 Å². The van der Waals surface area contributed by atoms with Crippen molar-refractivity contribution in [1.29, 1.82) is 0 Å². The molecule has 0 aromatic carbocycles. The third-order valence-corrected chi connectivity index (χ3v) is 5.52. The van der Waals surface area contributed by atoms with Gasteiger partial charge in [-0.2, -0.15) is 4.98 Å². The van der Waals surface area contributed by atoms with Crippen molar-refractivity contribution >= 4 is 11.6 Å². The summed E-state index contributed by atoms with van der Waals surface area (Å²) in [5.74, 6) is 7.58. The topological polar surface area (TPSA) is 138 Å². The number of ether oxygens (including phenoxy) is 2. The molecule has 32 heavy (non-hydrogen) atoms. The summed E-state index contributed by atoms with van der Waals surface area (Å²) in [6.07, 6.45) is 5.91. The van der Waals surface area contributed by atoms with E-state index in [2.05, 4.69) is 20.4 Å². The molecule has 0 radical (unpaired) electrons. The Balaban J connectivity index is 1.70. The summed E-state index contributed by atoms with van der Waals surface area (Å²) in [5, 5.41) is 8.48. The Labute approximate surface area is 189 Å². The van der Waals surface area contributed by atoms with E-state index >= 15 is 0 Å². The SMILES string of the molecule is CCOC(C)c1nc(NC/C(=C(/N)c2ccc(OC3CCCCC3)c(C)n2)N(C)N)no1. The average Bonchev–Trinajstić information content (AvgIpc) is 3.25. The monoisotopic (exact) mass is 445 g/mol. The van der Waals surface area contributed by atoms with Gasteiger partial charge in [0.15, 0.2) is 0 Å². The molecule has 1 aliphatic carbocycles. The molecule has 5 N–H and O–H groups in total. The van der Waals surface area contributed by atoms with Gasteiger partial charge >= 0.3 is 0 Å². The molecule has 10 heteroatoms. The summed E-state index contributed by atoms with van der Waals surface area (Å²) in [6.45, 7) is 6.55. The number of aromatic nitrogens is 3. The molecule has 1 atom stereocenters. The Hall–Kier alpha value is -2.85. The molecule has 2 aromatic rings. The van der Waals surface area contributed by atoms with Crippen molar-refractivity contribution in [3.8, 4) is 5.75 Å². The average molecular weight is 446 g/mol. The van der Waals surface area contributed by atoms with Crippen LogP contribution in [0.5, 0.6) is 5.75 Å². The third kappa shape index (κ3) is 6.10. The highest BCUT2D eigenvalue weighted by atomic mass is 16.5. The summed E-state index contributed by atoms with van der Waals surface area (Å²) in [5.41, 5.74) is 8.96. The van der Waals surface area contributed by atoms with Gasteiger partial charge in [0.05, 0.1) is 35.4 Å². The number of aryl methyl sites for hydroxylation is 1. The van der Waals surface area contributed by atoms with E-state index < -0.39 is 0 Å². The van der Waals surface area contributed by atoms with E-state index in [1.807, 2.05) is 32.9 Å². The number of hydrogen-bond acceptors (Lipinski definition) is 10. The summed E-state index contributed by atoms with van der Waals surface area (Å²) in [4.78, 5) is 8.96. The van der Waals surface area contributed by atoms with Gasteiger partial charge < -0.3 is 30.1 Å². The minimum atomic E-state index is -0.276. The maximum absolute atomic E-state index is 6.43. The normalized spacial score (nSPS) is 16.4. The van der Waals surface area contributed by atoms with Gasteiger partial charge in [0, 0.05) is 13.7 Å². The van der Waals surface area contributed by atoms with Crippen LogP contribution in [-0.4, -0.2) is 46.4 Å². The van der Waals surface area contributed by atoms with Gasteiger partial charge in [0.25, 0.3) is 11.8 Å². The molecule has 2 aromatic heterocycles. The number of hydrazine groups is 1. The van der Waals surface area contributed by atoms with Crippen LogP contribution >= 0.6 is 0 Å². The van der Waals surface area contributed by atoms with Gasteiger partial charge in [0.1, 0.15) is 11.9 Å². The Kier molecular flexibility index (Phi) is 8.29. The Morgan fingerprint density at radius 1 is 1.28 bits per heavy atom. The van der Waals surface area contributed by atoms with Crippen LogP contribution in [0.15, 0.2) is 22.4 Å². The third-order valence-electron chi connectivity index (χ3n) is 5.52. The van der Waals surface area contributed by atoms with E-state index in [0.29, 0.717) is 42.1 Å². The van der Waals surface area contributed by atoms with E-state index in [0.717, 1.165) is 24.3 Å². The fraction of sp³-hybridized carbons (Fsp3) is 0.591. The van der Waals surface area contributed by atoms with Crippen LogP contribution in [0.25, 0.3) is 5.70 Å². The zero-order valence-corrected chi connectivity index (χ0v) is 19.4. The number of nitrogens with one attached hydrogen (secondary N) is 1. The molecule has 0 saturated heterocycles. The van der Waals surface area contributed by atoms with Gasteiger partial charge in [0.2, 0.25) is 0 Å². The van der Waals surface area contributed by atoms with Crippen LogP contribution in [-0.2, 0) is 4.74 Å². The molecule has 0 bridgehead atoms. The molecule has 2 heterocycles. The van der Waals surface area contributed by atoms with Crippen molar-refractivity contribution in [1.82, 2.24) is 20.1 Å². The van der Waals surface area contributed by atoms with E-state index in [1.165, 1.54) is 24.3 Å². The lowest BCUT2D eigenvalue weighted by atomic mass is 9.98. The van der Waals surface area contributed by atoms with Crippen molar-refractivity contribution in [2.45, 2.75) is 65.1 Å². The van der Waals surface area contributed by atoms with Crippen LogP contribution in [0, 0.1) is 6.92 Å². The maximum Gasteiger partial charge on any atom is 0.263 e. The first-order valence-corrected chi connectivity index (χ1v) is 11.2. The van der Waals surface area contributed by atoms with Crippen molar-refractivity contribution in [2.24, 2.45) is 11.6 Å². The standard InChI is InChI=1S/C22H35N7O3/c1-5-30-15(3)21-27-22(28-32-21)25-13-18(29(4)24)20(23)17-11-12-19(14(2)26-17)31-16-9-7-6-8-10-16/h11-12,15-16H,5-10,13,23-24H2,1-4H3,(H,25,28)/b20-18-. The number of likely N-dealkylation sites (N-methyl/N-ethyl adjacent to an activating group) is 1. The molecule has 0 aliphatic heterocycles. The predicted octanol–water partition coefficient (Wildman–Crippen LogP) is 3.13. The van der Waals surface area contributed by atoms with Crippen molar-refractivity contribution in [2.75, 3.05) is 25.5 Å². The Bertz CT molecular complexity index is 907. The maximum atomic E-state index is 6.43. The lowest BCUT2D eigenvalue weighted by molar-refractivity contribution is 0.0519. The van der Waals surface area contributed by atoms with Crippen LogP contribution in [0.1, 0.15) is 69.3 Å². The predicted molar refractivity (Wildman–Crippen MR) is 122 cm³/mol. The van der Waals surface area contributed by atoms with E-state index in [4.69, 9.17) is 25.6 Å². The molecule has 3 rings (SSSR count). The van der Waals surface area contributed by atoms with Gasteiger partial charge in [-0.15, -0.1) is 0 Å². The number of nitrogens with zero attached hydrogens (tertiary/aromatic N) is 4. The highest BCUT2D eigenvalue weighted by Crippen LogP contribution is 2.26. The summed E-state index contributed by atoms with van der Waals surface area (Å²) < 4.78 is 16.9. The zero-order chi connectivity index (χ0) is 23.1. The first kappa shape index (κ1) is 23.8. The molecular weight excluding hydrogens is 410 g/mol. The number of hydrogen-bond donors (Lipinski definition) is 3. The molecule has 1 fully saturated rings. The highest BCUT2D eigenvalue weighted by Gasteiger charge is 2.18. The lowest BCUT2D eigenvalue weighted by Crippen LogP contribution is -2.32. The van der Waals surface area contributed by atoms with Crippen molar-refractivity contribution in [3.05, 3.63) is 35.1 Å². The van der Waals surface area contributed by atoms with E-state index in [9.17, 15) is 0 Å². The molecular formula is C22H35N7O3. The first-order chi connectivity index (χ1) is 15.4. The van der Waals surface area contributed by atoms with Gasteiger partial charge in [-0.25, -0.2) is 10.8 Å². The van der Waals surface area contributed by atoms with Gasteiger partial charge in [-0.1, -0.05) is 6.42 Å². The molecule has 176 valence electrons. The number of nitrogens with two attached hydrogens (primary N) is 2. The van der Waals surface area contributed by atoms with Gasteiger partial charge in [-0.05, 0) is 63.7 Å². The molecule has 10 nitrogen and oxygen atoms in total. The minimum absolute atomic E-state index is 0.267. The smallest absolute Gasteiger partial charge is 0.263 e. The Morgan fingerprint density at radius 3 is 2.69 bits per heavy atom. The molecule has 1 aliphatic rings. The van der Waals surface area contributed by atoms with Crippen LogP contribution in [0.2, 0.25) is 0 Å². The summed E-state index contributed by atoms with van der Waals surface area (Å²) >= 11 is 0. The van der Waals surface area contributed by atoms with Crippen molar-refractivity contribution in [3.63, 3.8) is 0 Å². The first-order valence-electron chi connectivity index (χ1n) is 11.2. The summed E-state index contributed by atoms with van der Waals surface area (Å²) in [7, 11) is 1.72. The lowest BCUT2D eigenvalue weighted by Gasteiger charge is -2.24. The second-order valence-corrected chi connectivity index (χ2v) is 8.04. The van der Waals surface area contributed by atoms with E-state index in [-0.39, 0.29) is 12.2 Å². The number of anilines is 1. The molecule has 1 saturated carbocycles. The molecule has 0 amide bonds. The highest BCUT2D eigenvalue weighted by molar-refractivity contribution is 5.64. The number of pyridine rings is 1. The summed E-state index contributed by atoms with van der Waals surface area (Å²) in [6, 6.07) is 3.79. The van der Waals surface area contributed by atoms with Crippen LogP contribution < -0.4 is 21.6 Å².